The number of rotatable bonds is 6. The van der Waals surface area contributed by atoms with Gasteiger partial charge in [-0.2, -0.15) is 0 Å². The molecule has 3 rings (SSSR count). The second-order valence-electron chi connectivity index (χ2n) is 5.94. The first-order chi connectivity index (χ1) is 12.6. The third kappa shape index (κ3) is 3.94. The Hall–Kier alpha value is -3.08. The summed E-state index contributed by atoms with van der Waals surface area (Å²) in [6, 6.07) is 17.1. The number of carbonyl (C=O) groups is 1. The summed E-state index contributed by atoms with van der Waals surface area (Å²) in [4.78, 5) is 18.8. The zero-order valence-corrected chi connectivity index (χ0v) is 15.2. The standard InChI is InChI=1S/C21H22N2O3/c1-4-25-18-12-10-17(11-13-18)23(3)20(24)14-19-15(2)26-21(22-19)16-8-6-5-7-9-16/h5-13H,4,14H2,1-3H3. The number of nitrogens with zero attached hydrogens (tertiary/aromatic N) is 2. The number of hydrogen-bond donors (Lipinski definition) is 0. The molecule has 0 saturated carbocycles. The van der Waals surface area contributed by atoms with Crippen LogP contribution in [0.15, 0.2) is 59.0 Å². The van der Waals surface area contributed by atoms with Crippen LogP contribution in [0.25, 0.3) is 11.5 Å². The van der Waals surface area contributed by atoms with Crippen molar-refractivity contribution in [3.8, 4) is 17.2 Å². The predicted octanol–water partition coefficient (Wildman–Crippen LogP) is 4.25. The fourth-order valence-electron chi connectivity index (χ4n) is 2.63. The molecule has 2 aromatic carbocycles. The van der Waals surface area contributed by atoms with Crippen LogP contribution in [-0.2, 0) is 11.2 Å². The zero-order chi connectivity index (χ0) is 18.5. The topological polar surface area (TPSA) is 55.6 Å². The van der Waals surface area contributed by atoms with Crippen LogP contribution in [0.5, 0.6) is 5.75 Å². The molecule has 134 valence electrons. The Kier molecular flexibility index (Phi) is 5.37. The highest BCUT2D eigenvalue weighted by Gasteiger charge is 2.18. The smallest absolute Gasteiger partial charge is 0.232 e. The fraction of sp³-hybridized carbons (Fsp3) is 0.238. The molecule has 26 heavy (non-hydrogen) atoms. The van der Waals surface area contributed by atoms with E-state index in [0.29, 0.717) is 24.0 Å². The van der Waals surface area contributed by atoms with Crippen LogP contribution in [0.2, 0.25) is 0 Å². The highest BCUT2D eigenvalue weighted by molar-refractivity contribution is 5.94. The number of likely N-dealkylation sites (N-methyl/N-ethyl adjacent to an activating group) is 1. The molecule has 0 unspecified atom stereocenters. The Morgan fingerprint density at radius 1 is 1.12 bits per heavy atom. The van der Waals surface area contributed by atoms with Crippen molar-refractivity contribution in [1.82, 2.24) is 4.98 Å². The largest absolute Gasteiger partial charge is 0.494 e. The van der Waals surface area contributed by atoms with Crippen molar-refractivity contribution in [3.05, 3.63) is 66.1 Å². The summed E-state index contributed by atoms with van der Waals surface area (Å²) >= 11 is 0. The van der Waals surface area contributed by atoms with E-state index in [4.69, 9.17) is 9.15 Å². The molecule has 5 heteroatoms. The average Bonchev–Trinajstić information content (AvgIpc) is 3.03. The first-order valence-corrected chi connectivity index (χ1v) is 8.59. The van der Waals surface area contributed by atoms with Gasteiger partial charge < -0.3 is 14.1 Å². The number of anilines is 1. The summed E-state index contributed by atoms with van der Waals surface area (Å²) in [5.74, 6) is 1.94. The molecule has 0 aliphatic heterocycles. The predicted molar refractivity (Wildman–Crippen MR) is 101 cm³/mol. The number of hydrogen-bond acceptors (Lipinski definition) is 4. The molecule has 1 heterocycles. The molecule has 1 aromatic heterocycles. The van der Waals surface area contributed by atoms with Gasteiger partial charge in [-0.1, -0.05) is 18.2 Å². The van der Waals surface area contributed by atoms with E-state index >= 15 is 0 Å². The summed E-state index contributed by atoms with van der Waals surface area (Å²) < 4.78 is 11.2. The van der Waals surface area contributed by atoms with Crippen LogP contribution < -0.4 is 9.64 Å². The van der Waals surface area contributed by atoms with E-state index in [1.54, 1.807) is 11.9 Å². The van der Waals surface area contributed by atoms with Crippen LogP contribution in [0.3, 0.4) is 0 Å². The molecule has 3 aromatic rings. The van der Waals surface area contributed by atoms with Crippen LogP contribution in [0.4, 0.5) is 5.69 Å². The van der Waals surface area contributed by atoms with Gasteiger partial charge >= 0.3 is 0 Å². The van der Waals surface area contributed by atoms with Gasteiger partial charge in [-0.15, -0.1) is 0 Å². The maximum absolute atomic E-state index is 12.6. The molecule has 0 bridgehead atoms. The lowest BCUT2D eigenvalue weighted by molar-refractivity contribution is -0.117. The number of aryl methyl sites for hydroxylation is 1. The highest BCUT2D eigenvalue weighted by atomic mass is 16.5. The molecule has 0 N–H and O–H groups in total. The van der Waals surface area contributed by atoms with Crippen LogP contribution in [0, 0.1) is 6.92 Å². The monoisotopic (exact) mass is 350 g/mol. The molecule has 0 saturated heterocycles. The molecule has 5 nitrogen and oxygen atoms in total. The summed E-state index contributed by atoms with van der Waals surface area (Å²) in [5, 5.41) is 0. The number of oxazole rings is 1. The van der Waals surface area contributed by atoms with Crippen molar-refractivity contribution in [3.63, 3.8) is 0 Å². The molecular weight excluding hydrogens is 328 g/mol. The van der Waals surface area contributed by atoms with Crippen molar-refractivity contribution >= 4 is 11.6 Å². The van der Waals surface area contributed by atoms with Gasteiger partial charge in [0.1, 0.15) is 11.5 Å². The molecule has 0 aliphatic rings. The Bertz CT molecular complexity index is 870. The lowest BCUT2D eigenvalue weighted by Gasteiger charge is -2.17. The summed E-state index contributed by atoms with van der Waals surface area (Å²) in [5.41, 5.74) is 2.36. The van der Waals surface area contributed by atoms with E-state index in [1.807, 2.05) is 68.4 Å². The Balaban J connectivity index is 1.72. The highest BCUT2D eigenvalue weighted by Crippen LogP contribution is 2.23. The Labute approximate surface area is 153 Å². The Morgan fingerprint density at radius 2 is 1.81 bits per heavy atom. The van der Waals surface area contributed by atoms with Crippen molar-refractivity contribution < 1.29 is 13.9 Å². The molecule has 0 aliphatic carbocycles. The van der Waals surface area contributed by atoms with Gasteiger partial charge in [0, 0.05) is 18.3 Å². The molecule has 0 atom stereocenters. The van der Waals surface area contributed by atoms with E-state index < -0.39 is 0 Å². The van der Waals surface area contributed by atoms with Crippen LogP contribution in [0.1, 0.15) is 18.4 Å². The SMILES string of the molecule is CCOc1ccc(N(C)C(=O)Cc2nc(-c3ccccc3)oc2C)cc1. The van der Waals surface area contributed by atoms with Gasteiger partial charge in [0.05, 0.1) is 18.7 Å². The molecule has 0 fully saturated rings. The van der Waals surface area contributed by atoms with Gasteiger partial charge in [-0.05, 0) is 50.2 Å². The summed E-state index contributed by atoms with van der Waals surface area (Å²) in [7, 11) is 1.76. The molecular formula is C21H22N2O3. The van der Waals surface area contributed by atoms with E-state index in [0.717, 1.165) is 17.0 Å². The molecule has 1 amide bonds. The summed E-state index contributed by atoms with van der Waals surface area (Å²) in [6.45, 7) is 4.38. The number of amides is 1. The number of ether oxygens (including phenoxy) is 1. The maximum atomic E-state index is 12.6. The average molecular weight is 350 g/mol. The maximum Gasteiger partial charge on any atom is 0.232 e. The van der Waals surface area contributed by atoms with E-state index in [-0.39, 0.29) is 12.3 Å². The normalized spacial score (nSPS) is 10.6. The quantitative estimate of drug-likeness (QED) is 0.667. The van der Waals surface area contributed by atoms with Gasteiger partial charge in [-0.3, -0.25) is 4.79 Å². The Morgan fingerprint density at radius 3 is 2.46 bits per heavy atom. The molecule has 0 radical (unpaired) electrons. The minimum Gasteiger partial charge on any atom is -0.494 e. The minimum absolute atomic E-state index is 0.0508. The third-order valence-corrected chi connectivity index (χ3v) is 4.14. The van der Waals surface area contributed by atoms with Gasteiger partial charge in [-0.25, -0.2) is 4.98 Å². The second-order valence-corrected chi connectivity index (χ2v) is 5.94. The third-order valence-electron chi connectivity index (χ3n) is 4.14. The van der Waals surface area contributed by atoms with Gasteiger partial charge in [0.25, 0.3) is 0 Å². The number of aromatic nitrogens is 1. The fourth-order valence-corrected chi connectivity index (χ4v) is 2.63. The first kappa shape index (κ1) is 17.7. The van der Waals surface area contributed by atoms with Gasteiger partial charge in [0.15, 0.2) is 0 Å². The van der Waals surface area contributed by atoms with E-state index in [9.17, 15) is 4.79 Å². The van der Waals surface area contributed by atoms with Gasteiger partial charge in [0.2, 0.25) is 11.8 Å². The minimum atomic E-state index is -0.0508. The lowest BCUT2D eigenvalue weighted by atomic mass is 10.2. The van der Waals surface area contributed by atoms with E-state index in [2.05, 4.69) is 4.98 Å². The van der Waals surface area contributed by atoms with Crippen molar-refractivity contribution in [1.29, 1.82) is 0 Å². The zero-order valence-electron chi connectivity index (χ0n) is 15.2. The van der Waals surface area contributed by atoms with E-state index in [1.165, 1.54) is 0 Å². The summed E-state index contributed by atoms with van der Waals surface area (Å²) in [6.07, 6.45) is 0.186. The van der Waals surface area contributed by atoms with Crippen molar-refractivity contribution in [2.45, 2.75) is 20.3 Å². The second kappa shape index (κ2) is 7.87. The number of benzene rings is 2. The van der Waals surface area contributed by atoms with Crippen molar-refractivity contribution in [2.75, 3.05) is 18.6 Å². The first-order valence-electron chi connectivity index (χ1n) is 8.59. The number of carbonyl (C=O) groups excluding carboxylic acids is 1. The van der Waals surface area contributed by atoms with Crippen LogP contribution in [-0.4, -0.2) is 24.5 Å². The van der Waals surface area contributed by atoms with Crippen molar-refractivity contribution in [2.24, 2.45) is 0 Å². The lowest BCUT2D eigenvalue weighted by Crippen LogP contribution is -2.28. The molecule has 0 spiro atoms. The van der Waals surface area contributed by atoms with Crippen LogP contribution >= 0.6 is 0 Å².